The first kappa shape index (κ1) is 12.5. The summed E-state index contributed by atoms with van der Waals surface area (Å²) < 4.78 is 5.55. The average molecular weight is 222 g/mol. The summed E-state index contributed by atoms with van der Waals surface area (Å²) in [6, 6.07) is 7.18. The van der Waals surface area contributed by atoms with E-state index in [1.807, 2.05) is 26.0 Å². The van der Waals surface area contributed by atoms with Crippen LogP contribution in [0.15, 0.2) is 24.3 Å². The molecule has 16 heavy (non-hydrogen) atoms. The minimum absolute atomic E-state index is 0.0449. The molecule has 1 amide bonds. The van der Waals surface area contributed by atoms with E-state index in [9.17, 15) is 4.79 Å². The number of carbonyl (C=O) groups is 1. The van der Waals surface area contributed by atoms with E-state index >= 15 is 0 Å². The van der Waals surface area contributed by atoms with Gasteiger partial charge < -0.3 is 15.8 Å². The first-order valence-corrected chi connectivity index (χ1v) is 5.39. The van der Waals surface area contributed by atoms with Gasteiger partial charge in [-0.1, -0.05) is 12.1 Å². The average Bonchev–Trinajstić information content (AvgIpc) is 2.26. The molecule has 0 heterocycles. The number of hydrogen-bond acceptors (Lipinski definition) is 3. The van der Waals surface area contributed by atoms with E-state index in [1.54, 1.807) is 12.1 Å². The quantitative estimate of drug-likeness (QED) is 0.785. The zero-order chi connectivity index (χ0) is 12.0. The fourth-order valence-electron chi connectivity index (χ4n) is 1.29. The predicted octanol–water partition coefficient (Wildman–Crippen LogP) is 1.16. The van der Waals surface area contributed by atoms with E-state index in [4.69, 9.17) is 10.5 Å². The number of benzene rings is 1. The topological polar surface area (TPSA) is 64.3 Å². The molecule has 0 fully saturated rings. The molecular formula is C12H18N2O2. The van der Waals surface area contributed by atoms with Gasteiger partial charge in [0.2, 0.25) is 0 Å². The Hall–Kier alpha value is -1.55. The first-order valence-electron chi connectivity index (χ1n) is 5.39. The lowest BCUT2D eigenvalue weighted by Crippen LogP contribution is -2.29. The number of para-hydroxylation sites is 1. The lowest BCUT2D eigenvalue weighted by Gasteiger charge is -2.13. The van der Waals surface area contributed by atoms with E-state index in [0.29, 0.717) is 24.4 Å². The van der Waals surface area contributed by atoms with Crippen molar-refractivity contribution in [2.75, 3.05) is 13.1 Å². The van der Waals surface area contributed by atoms with Gasteiger partial charge in [0.25, 0.3) is 5.91 Å². The zero-order valence-electron chi connectivity index (χ0n) is 9.69. The molecule has 0 bridgehead atoms. The molecule has 4 nitrogen and oxygen atoms in total. The van der Waals surface area contributed by atoms with Gasteiger partial charge in [-0.2, -0.15) is 0 Å². The van der Waals surface area contributed by atoms with Crippen molar-refractivity contribution in [1.29, 1.82) is 0 Å². The van der Waals surface area contributed by atoms with Gasteiger partial charge in [0, 0.05) is 13.1 Å². The van der Waals surface area contributed by atoms with Gasteiger partial charge >= 0.3 is 0 Å². The molecule has 88 valence electrons. The second-order valence-electron chi connectivity index (χ2n) is 3.71. The number of ether oxygens (including phenoxy) is 1. The molecular weight excluding hydrogens is 204 g/mol. The first-order chi connectivity index (χ1) is 7.65. The Bertz CT molecular complexity index is 351. The molecule has 1 aromatic rings. The van der Waals surface area contributed by atoms with Crippen LogP contribution in [-0.4, -0.2) is 25.1 Å². The van der Waals surface area contributed by atoms with Crippen LogP contribution in [0.25, 0.3) is 0 Å². The second kappa shape index (κ2) is 6.12. The highest BCUT2D eigenvalue weighted by Crippen LogP contribution is 2.18. The molecule has 0 aromatic heterocycles. The summed E-state index contributed by atoms with van der Waals surface area (Å²) in [6.07, 6.45) is 0.0449. The third-order valence-electron chi connectivity index (χ3n) is 1.92. The smallest absolute Gasteiger partial charge is 0.255 e. The van der Waals surface area contributed by atoms with E-state index in [0.717, 1.165) is 0 Å². The minimum atomic E-state index is -0.151. The third-order valence-corrected chi connectivity index (χ3v) is 1.92. The predicted molar refractivity (Wildman–Crippen MR) is 63.6 cm³/mol. The number of hydrogen-bond donors (Lipinski definition) is 2. The van der Waals surface area contributed by atoms with Crippen LogP contribution >= 0.6 is 0 Å². The van der Waals surface area contributed by atoms with Crippen LogP contribution < -0.4 is 15.8 Å². The fourth-order valence-corrected chi connectivity index (χ4v) is 1.29. The van der Waals surface area contributed by atoms with Gasteiger partial charge in [-0.05, 0) is 26.0 Å². The highest BCUT2D eigenvalue weighted by Gasteiger charge is 2.11. The molecule has 0 spiro atoms. The van der Waals surface area contributed by atoms with Crippen molar-refractivity contribution >= 4 is 5.91 Å². The number of nitrogens with two attached hydrogens (primary N) is 1. The van der Waals surface area contributed by atoms with Gasteiger partial charge in [-0.25, -0.2) is 0 Å². The molecule has 0 aliphatic carbocycles. The maximum atomic E-state index is 11.8. The Morgan fingerprint density at radius 3 is 2.75 bits per heavy atom. The van der Waals surface area contributed by atoms with Crippen molar-refractivity contribution < 1.29 is 9.53 Å². The largest absolute Gasteiger partial charge is 0.490 e. The van der Waals surface area contributed by atoms with Crippen LogP contribution in [0.3, 0.4) is 0 Å². The standard InChI is InChI=1S/C12H18N2O2/c1-9(2)16-11-6-4-3-5-10(11)12(15)14-8-7-13/h3-6,9H,7-8,13H2,1-2H3,(H,14,15). The second-order valence-corrected chi connectivity index (χ2v) is 3.71. The fraction of sp³-hybridized carbons (Fsp3) is 0.417. The van der Waals surface area contributed by atoms with E-state index in [2.05, 4.69) is 5.32 Å². The molecule has 4 heteroatoms. The molecule has 3 N–H and O–H groups in total. The minimum Gasteiger partial charge on any atom is -0.490 e. The van der Waals surface area contributed by atoms with Gasteiger partial charge in [-0.3, -0.25) is 4.79 Å². The van der Waals surface area contributed by atoms with Crippen molar-refractivity contribution in [2.45, 2.75) is 20.0 Å². The molecule has 0 atom stereocenters. The summed E-state index contributed by atoms with van der Waals surface area (Å²) in [7, 11) is 0. The Labute approximate surface area is 95.8 Å². The van der Waals surface area contributed by atoms with Gasteiger partial charge in [0.05, 0.1) is 11.7 Å². The van der Waals surface area contributed by atoms with Crippen molar-refractivity contribution in [3.05, 3.63) is 29.8 Å². The van der Waals surface area contributed by atoms with Crippen LogP contribution in [0.1, 0.15) is 24.2 Å². The molecule has 0 saturated carbocycles. The van der Waals surface area contributed by atoms with Gasteiger partial charge in [0.1, 0.15) is 5.75 Å². The zero-order valence-corrected chi connectivity index (χ0v) is 9.69. The van der Waals surface area contributed by atoms with E-state index in [-0.39, 0.29) is 12.0 Å². The van der Waals surface area contributed by atoms with Gasteiger partial charge in [-0.15, -0.1) is 0 Å². The highest BCUT2D eigenvalue weighted by atomic mass is 16.5. The van der Waals surface area contributed by atoms with E-state index < -0.39 is 0 Å². The number of carbonyl (C=O) groups excluding carboxylic acids is 1. The summed E-state index contributed by atoms with van der Waals surface area (Å²) in [4.78, 5) is 11.8. The summed E-state index contributed by atoms with van der Waals surface area (Å²) >= 11 is 0. The molecule has 0 aliphatic rings. The van der Waals surface area contributed by atoms with Crippen LogP contribution in [0.4, 0.5) is 0 Å². The van der Waals surface area contributed by atoms with E-state index in [1.165, 1.54) is 0 Å². The maximum absolute atomic E-state index is 11.8. The lowest BCUT2D eigenvalue weighted by atomic mass is 10.2. The van der Waals surface area contributed by atoms with Crippen LogP contribution in [-0.2, 0) is 0 Å². The molecule has 0 radical (unpaired) electrons. The summed E-state index contributed by atoms with van der Waals surface area (Å²) in [6.45, 7) is 4.75. The van der Waals surface area contributed by atoms with Crippen molar-refractivity contribution in [3.8, 4) is 5.75 Å². The molecule has 0 saturated heterocycles. The van der Waals surface area contributed by atoms with Crippen molar-refractivity contribution in [2.24, 2.45) is 5.73 Å². The van der Waals surface area contributed by atoms with Crippen LogP contribution in [0, 0.1) is 0 Å². The Kier molecular flexibility index (Phi) is 4.79. The van der Waals surface area contributed by atoms with Crippen LogP contribution in [0.5, 0.6) is 5.75 Å². The summed E-state index contributed by atoms with van der Waals surface area (Å²) in [5, 5.41) is 2.72. The van der Waals surface area contributed by atoms with Crippen molar-refractivity contribution in [1.82, 2.24) is 5.32 Å². The number of nitrogens with one attached hydrogen (secondary N) is 1. The maximum Gasteiger partial charge on any atom is 0.255 e. The molecule has 0 unspecified atom stereocenters. The lowest BCUT2D eigenvalue weighted by molar-refractivity contribution is 0.0949. The Balaban J connectivity index is 2.81. The Morgan fingerprint density at radius 2 is 2.12 bits per heavy atom. The molecule has 1 aromatic carbocycles. The monoisotopic (exact) mass is 222 g/mol. The normalized spacial score (nSPS) is 10.2. The Morgan fingerprint density at radius 1 is 1.44 bits per heavy atom. The van der Waals surface area contributed by atoms with Crippen LogP contribution in [0.2, 0.25) is 0 Å². The number of amides is 1. The number of rotatable bonds is 5. The summed E-state index contributed by atoms with van der Waals surface area (Å²) in [5.74, 6) is 0.453. The SMILES string of the molecule is CC(C)Oc1ccccc1C(=O)NCCN. The summed E-state index contributed by atoms with van der Waals surface area (Å²) in [5.41, 5.74) is 5.87. The highest BCUT2D eigenvalue weighted by molar-refractivity contribution is 5.96. The van der Waals surface area contributed by atoms with Gasteiger partial charge in [0.15, 0.2) is 0 Å². The third kappa shape index (κ3) is 3.55. The van der Waals surface area contributed by atoms with Crippen molar-refractivity contribution in [3.63, 3.8) is 0 Å². The molecule has 1 rings (SSSR count). The molecule has 0 aliphatic heterocycles.